The third-order valence-electron chi connectivity index (χ3n) is 14.2. The molecule has 4 aliphatic carbocycles. The summed E-state index contributed by atoms with van der Waals surface area (Å²) >= 11 is 0. The number of aliphatic hydroxyl groups excluding tert-OH is 4. The highest BCUT2D eigenvalue weighted by atomic mass is 16.7. The summed E-state index contributed by atoms with van der Waals surface area (Å²) in [5.41, 5.74) is -2.97. The number of carbonyl (C=O) groups excluding carboxylic acids is 2. The SMILES string of the molecule is COC1C(OC2OC(CO)C(O)C(O)C2O)CC(C)OC1OC1CCC2(C=O)C3CCC4(C)C(C5=CC(=O)OC5)CCC4(O)C3CCC2(O)C1. The molecule has 0 aromatic carbocycles. The van der Waals surface area contributed by atoms with Gasteiger partial charge in [-0.15, -0.1) is 0 Å². The fraction of sp³-hybridized carbons (Fsp3) is 0.889. The van der Waals surface area contributed by atoms with Gasteiger partial charge in [0.25, 0.3) is 0 Å². The summed E-state index contributed by atoms with van der Waals surface area (Å²) in [6, 6.07) is 0. The van der Waals surface area contributed by atoms with E-state index in [1.807, 2.05) is 6.92 Å². The van der Waals surface area contributed by atoms with E-state index < -0.39 is 83.9 Å². The second-order valence-corrected chi connectivity index (χ2v) is 16.4. The van der Waals surface area contributed by atoms with Gasteiger partial charge in [0.05, 0.1) is 41.5 Å². The van der Waals surface area contributed by atoms with Crippen LogP contribution in [-0.2, 0) is 38.0 Å². The Kier molecular flexibility index (Phi) is 9.84. The molecular formula is C36H54O14. The molecular weight excluding hydrogens is 656 g/mol. The predicted octanol–water partition coefficient (Wildman–Crippen LogP) is 0.258. The molecule has 282 valence electrons. The van der Waals surface area contributed by atoms with Gasteiger partial charge in [-0.05, 0) is 81.6 Å². The first-order chi connectivity index (χ1) is 23.7. The average molecular weight is 711 g/mol. The normalized spacial score (nSPS) is 53.5. The Morgan fingerprint density at radius 1 is 0.940 bits per heavy atom. The van der Waals surface area contributed by atoms with Crippen LogP contribution in [0.15, 0.2) is 11.6 Å². The fourth-order valence-corrected chi connectivity index (χ4v) is 11.5. The number of aldehydes is 1. The van der Waals surface area contributed by atoms with E-state index in [2.05, 4.69) is 6.92 Å². The van der Waals surface area contributed by atoms with Crippen molar-refractivity contribution >= 4 is 12.3 Å². The fourth-order valence-electron chi connectivity index (χ4n) is 11.5. The zero-order chi connectivity index (χ0) is 35.8. The van der Waals surface area contributed by atoms with Crippen LogP contribution in [0.25, 0.3) is 0 Å². The highest BCUT2D eigenvalue weighted by molar-refractivity contribution is 5.85. The van der Waals surface area contributed by atoms with E-state index in [1.54, 1.807) is 6.08 Å². The van der Waals surface area contributed by atoms with Crippen molar-refractivity contribution in [3.8, 4) is 0 Å². The van der Waals surface area contributed by atoms with Gasteiger partial charge in [-0.25, -0.2) is 4.79 Å². The lowest BCUT2D eigenvalue weighted by Gasteiger charge is -2.65. The maximum absolute atomic E-state index is 13.3. The second-order valence-electron chi connectivity index (χ2n) is 16.4. The minimum Gasteiger partial charge on any atom is -0.458 e. The van der Waals surface area contributed by atoms with Gasteiger partial charge >= 0.3 is 5.97 Å². The average Bonchev–Trinajstić information content (AvgIpc) is 3.63. The lowest BCUT2D eigenvalue weighted by atomic mass is 9.41. The molecule has 0 aromatic heterocycles. The Balaban J connectivity index is 1.05. The predicted molar refractivity (Wildman–Crippen MR) is 171 cm³/mol. The largest absolute Gasteiger partial charge is 0.458 e. The molecule has 4 saturated carbocycles. The summed E-state index contributed by atoms with van der Waals surface area (Å²) in [5.74, 6) is -0.692. The van der Waals surface area contributed by atoms with Crippen LogP contribution in [0.5, 0.6) is 0 Å². The van der Waals surface area contributed by atoms with Gasteiger partial charge in [-0.2, -0.15) is 0 Å². The molecule has 0 radical (unpaired) electrons. The number of aliphatic hydroxyl groups is 6. The van der Waals surface area contributed by atoms with Crippen molar-refractivity contribution < 1.29 is 68.6 Å². The van der Waals surface area contributed by atoms with E-state index in [-0.39, 0.29) is 42.9 Å². The number of methoxy groups -OCH3 is 1. The lowest BCUT2D eigenvalue weighted by molar-refractivity contribution is -0.349. The van der Waals surface area contributed by atoms with E-state index in [0.717, 1.165) is 18.3 Å². The van der Waals surface area contributed by atoms with Gasteiger partial charge in [-0.1, -0.05) is 6.92 Å². The monoisotopic (exact) mass is 710 g/mol. The molecule has 7 aliphatic rings. The van der Waals surface area contributed by atoms with Crippen molar-refractivity contribution in [3.05, 3.63) is 11.6 Å². The molecule has 0 bridgehead atoms. The molecule has 6 fully saturated rings. The third-order valence-corrected chi connectivity index (χ3v) is 14.2. The summed E-state index contributed by atoms with van der Waals surface area (Å²) < 4.78 is 35.4. The van der Waals surface area contributed by atoms with Crippen LogP contribution in [0.4, 0.5) is 0 Å². The Bertz CT molecular complexity index is 1330. The summed E-state index contributed by atoms with van der Waals surface area (Å²) in [6.45, 7) is 3.63. The molecule has 17 atom stereocenters. The molecule has 14 nitrogen and oxygen atoms in total. The van der Waals surface area contributed by atoms with Gasteiger partial charge in [0, 0.05) is 31.4 Å². The van der Waals surface area contributed by atoms with Crippen molar-refractivity contribution in [1.29, 1.82) is 0 Å². The molecule has 3 heterocycles. The molecule has 14 heteroatoms. The Morgan fingerprint density at radius 3 is 2.38 bits per heavy atom. The highest BCUT2D eigenvalue weighted by Gasteiger charge is 2.71. The van der Waals surface area contributed by atoms with Crippen LogP contribution in [-0.4, -0.2) is 136 Å². The minimum absolute atomic E-state index is 0.0251. The number of ether oxygens (including phenoxy) is 6. The molecule has 0 spiro atoms. The van der Waals surface area contributed by atoms with Crippen LogP contribution >= 0.6 is 0 Å². The van der Waals surface area contributed by atoms with Gasteiger partial charge in [-0.3, -0.25) is 0 Å². The lowest BCUT2D eigenvalue weighted by Crippen LogP contribution is -2.69. The summed E-state index contributed by atoms with van der Waals surface area (Å²) in [7, 11) is 1.47. The standard InChI is InChI=1S/C36H54O14/c1-18-12-24(49-31-29(42)28(41)27(40)25(15-37)50-31)30(45-3)32(47-18)48-20-4-9-34(17-38)22-5-8-33(2)21(19-13-26(39)46-16-19)7-11-36(33,44)23(22)6-10-35(34,43)14-20/h13,17-18,20-25,27-32,37,40-44H,4-12,14-16H2,1-3H3. The first-order valence-corrected chi connectivity index (χ1v) is 18.3. The summed E-state index contributed by atoms with van der Waals surface area (Å²) in [6.07, 6.45) is -2.98. The van der Waals surface area contributed by atoms with Crippen molar-refractivity contribution in [2.45, 2.75) is 151 Å². The van der Waals surface area contributed by atoms with Crippen molar-refractivity contribution in [2.75, 3.05) is 20.3 Å². The summed E-state index contributed by atoms with van der Waals surface area (Å²) in [4.78, 5) is 25.2. The van der Waals surface area contributed by atoms with E-state index in [1.165, 1.54) is 7.11 Å². The van der Waals surface area contributed by atoms with Crippen molar-refractivity contribution in [1.82, 2.24) is 0 Å². The number of esters is 1. The quantitative estimate of drug-likeness (QED) is 0.113. The molecule has 2 saturated heterocycles. The Labute approximate surface area is 292 Å². The maximum Gasteiger partial charge on any atom is 0.331 e. The van der Waals surface area contributed by atoms with Crippen molar-refractivity contribution in [3.63, 3.8) is 0 Å². The van der Waals surface area contributed by atoms with E-state index in [4.69, 9.17) is 28.4 Å². The number of carbonyl (C=O) groups is 2. The molecule has 0 amide bonds. The number of rotatable bonds is 8. The van der Waals surface area contributed by atoms with E-state index >= 15 is 0 Å². The van der Waals surface area contributed by atoms with Gasteiger partial charge in [0.1, 0.15) is 43.4 Å². The molecule has 50 heavy (non-hydrogen) atoms. The molecule has 17 unspecified atom stereocenters. The van der Waals surface area contributed by atoms with Gasteiger partial charge in [0.15, 0.2) is 12.6 Å². The smallest absolute Gasteiger partial charge is 0.331 e. The number of fused-ring (bicyclic) bond motifs is 5. The second kappa shape index (κ2) is 13.4. The van der Waals surface area contributed by atoms with Crippen LogP contribution in [0, 0.1) is 28.6 Å². The Morgan fingerprint density at radius 2 is 1.70 bits per heavy atom. The first-order valence-electron chi connectivity index (χ1n) is 18.3. The number of hydrogen-bond acceptors (Lipinski definition) is 14. The molecule has 6 N–H and O–H groups in total. The van der Waals surface area contributed by atoms with Gasteiger partial charge < -0.3 is 63.9 Å². The van der Waals surface area contributed by atoms with Gasteiger partial charge in [0.2, 0.25) is 0 Å². The van der Waals surface area contributed by atoms with Crippen LogP contribution in [0.1, 0.15) is 78.1 Å². The minimum atomic E-state index is -1.59. The topological polar surface area (TPSA) is 211 Å². The Hall–Kier alpha value is -1.56. The maximum atomic E-state index is 13.3. The summed E-state index contributed by atoms with van der Waals surface area (Å²) in [5, 5.41) is 65.6. The molecule has 7 rings (SSSR count). The van der Waals surface area contributed by atoms with Crippen LogP contribution in [0.3, 0.4) is 0 Å². The first kappa shape index (κ1) is 36.8. The van der Waals surface area contributed by atoms with Crippen molar-refractivity contribution in [2.24, 2.45) is 28.6 Å². The zero-order valence-corrected chi connectivity index (χ0v) is 29.1. The molecule has 0 aromatic rings. The van der Waals surface area contributed by atoms with Crippen LogP contribution in [0.2, 0.25) is 0 Å². The van der Waals surface area contributed by atoms with E-state index in [0.29, 0.717) is 51.4 Å². The zero-order valence-electron chi connectivity index (χ0n) is 29.1. The number of cyclic esters (lactones) is 1. The molecule has 3 aliphatic heterocycles. The van der Waals surface area contributed by atoms with Crippen LogP contribution < -0.4 is 0 Å². The van der Waals surface area contributed by atoms with E-state index in [9.17, 15) is 40.2 Å². The highest BCUT2D eigenvalue weighted by Crippen LogP contribution is 2.70. The third kappa shape index (κ3) is 5.55. The number of hydrogen-bond donors (Lipinski definition) is 6.